The Kier molecular flexibility index (Phi) is 7.06. The van der Waals surface area contributed by atoms with E-state index in [0.29, 0.717) is 11.8 Å². The van der Waals surface area contributed by atoms with Crippen LogP contribution < -0.4 is 4.90 Å². The van der Waals surface area contributed by atoms with Gasteiger partial charge in [0.1, 0.15) is 0 Å². The van der Waals surface area contributed by atoms with Crippen LogP contribution >= 0.6 is 0 Å². The molecule has 1 atom stereocenters. The Balaban J connectivity index is 1.98. The first kappa shape index (κ1) is 20.3. The van der Waals surface area contributed by atoms with Crippen molar-refractivity contribution in [3.8, 4) is 0 Å². The average molecular weight is 360 g/mol. The van der Waals surface area contributed by atoms with Gasteiger partial charge in [0.15, 0.2) is 0 Å². The number of nitrogens with zero attached hydrogens (tertiary/aromatic N) is 3. The highest BCUT2D eigenvalue weighted by atomic mass is 16.2. The van der Waals surface area contributed by atoms with Crippen LogP contribution in [-0.2, 0) is 4.79 Å². The van der Waals surface area contributed by atoms with Crippen LogP contribution in [0.5, 0.6) is 0 Å². The van der Waals surface area contributed by atoms with E-state index < -0.39 is 0 Å². The van der Waals surface area contributed by atoms with Crippen molar-refractivity contribution in [2.24, 2.45) is 11.8 Å². The maximum absolute atomic E-state index is 12.9. The summed E-state index contributed by atoms with van der Waals surface area (Å²) < 4.78 is 0. The van der Waals surface area contributed by atoms with E-state index >= 15 is 0 Å². The molecular formula is C21H33N3O2. The fourth-order valence-corrected chi connectivity index (χ4v) is 3.61. The zero-order valence-corrected chi connectivity index (χ0v) is 16.9. The topological polar surface area (TPSA) is 43.9 Å². The molecule has 1 heterocycles. The van der Waals surface area contributed by atoms with Gasteiger partial charge in [-0.3, -0.25) is 9.59 Å². The molecule has 0 spiro atoms. The number of likely N-dealkylation sites (tertiary alicyclic amines) is 1. The number of anilines is 1. The summed E-state index contributed by atoms with van der Waals surface area (Å²) in [5.41, 5.74) is 1.88. The molecule has 144 valence electrons. The van der Waals surface area contributed by atoms with Crippen molar-refractivity contribution in [2.45, 2.75) is 33.6 Å². The van der Waals surface area contributed by atoms with Crippen LogP contribution in [0.3, 0.4) is 0 Å². The van der Waals surface area contributed by atoms with Crippen LogP contribution in [0, 0.1) is 11.8 Å². The molecule has 1 aromatic rings. The first-order valence-electron chi connectivity index (χ1n) is 9.60. The molecule has 5 heteroatoms. The molecule has 1 saturated heterocycles. The highest BCUT2D eigenvalue weighted by Gasteiger charge is 2.25. The lowest BCUT2D eigenvalue weighted by molar-refractivity contribution is -0.128. The summed E-state index contributed by atoms with van der Waals surface area (Å²) in [4.78, 5) is 30.2. The number of benzene rings is 1. The number of piperidine rings is 1. The maximum Gasteiger partial charge on any atom is 0.253 e. The minimum Gasteiger partial charge on any atom is -0.374 e. The summed E-state index contributed by atoms with van der Waals surface area (Å²) in [5.74, 6) is 1.13. The predicted molar refractivity (Wildman–Crippen MR) is 106 cm³/mol. The average Bonchev–Trinajstić information content (AvgIpc) is 2.60. The summed E-state index contributed by atoms with van der Waals surface area (Å²) in [6.07, 6.45) is 2.07. The Bertz CT molecular complexity index is 612. The zero-order chi connectivity index (χ0) is 19.3. The molecule has 0 saturated carbocycles. The van der Waals surface area contributed by atoms with Crippen LogP contribution in [0.15, 0.2) is 24.3 Å². The van der Waals surface area contributed by atoms with Crippen LogP contribution in [-0.4, -0.2) is 61.9 Å². The predicted octanol–water partition coefficient (Wildman–Crippen LogP) is 3.11. The molecule has 1 aliphatic heterocycles. The van der Waals surface area contributed by atoms with E-state index in [4.69, 9.17) is 0 Å². The minimum absolute atomic E-state index is 0.0783. The number of hydrogen-bond acceptors (Lipinski definition) is 3. The summed E-state index contributed by atoms with van der Waals surface area (Å²) >= 11 is 0. The smallest absolute Gasteiger partial charge is 0.253 e. The molecule has 26 heavy (non-hydrogen) atoms. The van der Waals surface area contributed by atoms with Crippen LogP contribution in [0.4, 0.5) is 5.69 Å². The molecule has 0 aliphatic carbocycles. The Labute approximate surface area is 158 Å². The van der Waals surface area contributed by atoms with Crippen LogP contribution in [0.2, 0.25) is 0 Å². The SMILES string of the molecule is CC(=O)N(C)CC1CCCN(C(=O)c2ccc(N(C)CC(C)C)cc2)C1. The van der Waals surface area contributed by atoms with Crippen LogP contribution in [0.25, 0.3) is 0 Å². The van der Waals surface area contributed by atoms with Crippen LogP contribution in [0.1, 0.15) is 44.0 Å². The van der Waals surface area contributed by atoms with Crippen molar-refractivity contribution in [3.05, 3.63) is 29.8 Å². The van der Waals surface area contributed by atoms with Gasteiger partial charge in [-0.15, -0.1) is 0 Å². The zero-order valence-electron chi connectivity index (χ0n) is 16.9. The number of carbonyl (C=O) groups is 2. The van der Waals surface area contributed by atoms with Crippen molar-refractivity contribution in [1.82, 2.24) is 9.80 Å². The van der Waals surface area contributed by atoms with Crippen molar-refractivity contribution in [3.63, 3.8) is 0 Å². The van der Waals surface area contributed by atoms with E-state index in [2.05, 4.69) is 25.8 Å². The Morgan fingerprint density at radius 2 is 1.85 bits per heavy atom. The van der Waals surface area contributed by atoms with Gasteiger partial charge < -0.3 is 14.7 Å². The lowest BCUT2D eigenvalue weighted by Crippen LogP contribution is -2.43. The third kappa shape index (κ3) is 5.48. The Hall–Kier alpha value is -2.04. The molecule has 5 nitrogen and oxygen atoms in total. The van der Waals surface area contributed by atoms with Gasteiger partial charge >= 0.3 is 0 Å². The van der Waals surface area contributed by atoms with Gasteiger partial charge in [-0.05, 0) is 48.9 Å². The second-order valence-corrected chi connectivity index (χ2v) is 7.98. The Morgan fingerprint density at radius 3 is 2.42 bits per heavy atom. The van der Waals surface area contributed by atoms with Crippen molar-refractivity contribution >= 4 is 17.5 Å². The van der Waals surface area contributed by atoms with E-state index in [1.54, 1.807) is 11.8 Å². The third-order valence-electron chi connectivity index (χ3n) is 5.07. The van der Waals surface area contributed by atoms with E-state index in [-0.39, 0.29) is 11.8 Å². The lowest BCUT2D eigenvalue weighted by Gasteiger charge is -2.34. The van der Waals surface area contributed by atoms with Gasteiger partial charge in [-0.25, -0.2) is 0 Å². The van der Waals surface area contributed by atoms with Crippen molar-refractivity contribution in [2.75, 3.05) is 45.2 Å². The van der Waals surface area contributed by atoms with Gasteiger partial charge in [0.25, 0.3) is 5.91 Å². The fourth-order valence-electron chi connectivity index (χ4n) is 3.61. The van der Waals surface area contributed by atoms with Gasteiger partial charge in [-0.1, -0.05) is 13.8 Å². The largest absolute Gasteiger partial charge is 0.374 e. The summed E-state index contributed by atoms with van der Waals surface area (Å²) in [6.45, 7) is 9.22. The first-order valence-corrected chi connectivity index (χ1v) is 9.60. The second-order valence-electron chi connectivity index (χ2n) is 7.98. The normalized spacial score (nSPS) is 17.3. The highest BCUT2D eigenvalue weighted by molar-refractivity contribution is 5.94. The summed E-state index contributed by atoms with van der Waals surface area (Å²) in [5, 5.41) is 0. The molecule has 0 radical (unpaired) electrons. The van der Waals surface area contributed by atoms with Gasteiger partial charge in [0, 0.05) is 58.4 Å². The number of amides is 2. The quantitative estimate of drug-likeness (QED) is 0.784. The summed E-state index contributed by atoms with van der Waals surface area (Å²) in [6, 6.07) is 7.92. The van der Waals surface area contributed by atoms with E-state index in [0.717, 1.165) is 50.3 Å². The number of carbonyl (C=O) groups excluding carboxylic acids is 2. The molecule has 1 aromatic carbocycles. The van der Waals surface area contributed by atoms with E-state index in [9.17, 15) is 9.59 Å². The third-order valence-corrected chi connectivity index (χ3v) is 5.07. The number of hydrogen-bond donors (Lipinski definition) is 0. The monoisotopic (exact) mass is 359 g/mol. The van der Waals surface area contributed by atoms with E-state index in [1.165, 1.54) is 0 Å². The first-order chi connectivity index (χ1) is 12.3. The standard InChI is InChI=1S/C21H33N3O2/c1-16(2)13-23(5)20-10-8-19(9-11-20)21(26)24-12-6-7-18(15-24)14-22(4)17(3)25/h8-11,16,18H,6-7,12-15H2,1-5H3. The highest BCUT2D eigenvalue weighted by Crippen LogP contribution is 2.21. The molecule has 0 N–H and O–H groups in total. The van der Waals surface area contributed by atoms with Crippen molar-refractivity contribution in [1.29, 1.82) is 0 Å². The second kappa shape index (κ2) is 9.06. The molecule has 0 aromatic heterocycles. The lowest BCUT2D eigenvalue weighted by atomic mass is 9.96. The molecular weight excluding hydrogens is 326 g/mol. The van der Waals surface area contributed by atoms with Crippen molar-refractivity contribution < 1.29 is 9.59 Å². The molecule has 2 amide bonds. The van der Waals surface area contributed by atoms with Gasteiger partial charge in [0.05, 0.1) is 0 Å². The molecule has 2 rings (SSSR count). The molecule has 1 aliphatic rings. The maximum atomic E-state index is 12.9. The molecule has 1 unspecified atom stereocenters. The number of rotatable bonds is 6. The summed E-state index contributed by atoms with van der Waals surface area (Å²) in [7, 11) is 3.91. The molecule has 0 bridgehead atoms. The Morgan fingerprint density at radius 1 is 1.19 bits per heavy atom. The fraction of sp³-hybridized carbons (Fsp3) is 0.619. The van der Waals surface area contributed by atoms with Gasteiger partial charge in [0.2, 0.25) is 5.91 Å². The van der Waals surface area contributed by atoms with Gasteiger partial charge in [-0.2, -0.15) is 0 Å². The molecule has 1 fully saturated rings. The van der Waals surface area contributed by atoms with E-state index in [1.807, 2.05) is 36.2 Å². The minimum atomic E-state index is 0.0783.